The standard InChI is InChI=1S/C37H46N4O6S/c1-24(42)38-29-13-11-26-21-33(45-2)35(46-3)36(47-4)34(26)27-12-14-30(32(43)22-28(27)29)39-31(15-20-48-5)37(44)41-18-16-40(17-19-41)23-25-9-7-6-8-10-25/h6-10,12,14,21-22,29,31H,11,13,15-20,23H2,1-5H3,(H,38,42)(H,39,43)/t29-,31-/m0/s1. The molecule has 3 aromatic carbocycles. The lowest BCUT2D eigenvalue weighted by molar-refractivity contribution is -0.133. The maximum absolute atomic E-state index is 14.0. The molecule has 0 bridgehead atoms. The van der Waals surface area contributed by atoms with Crippen molar-refractivity contribution >= 4 is 29.3 Å². The summed E-state index contributed by atoms with van der Waals surface area (Å²) in [5.74, 6) is 2.04. The molecule has 48 heavy (non-hydrogen) atoms. The fourth-order valence-electron chi connectivity index (χ4n) is 6.70. The van der Waals surface area contributed by atoms with E-state index >= 15 is 0 Å². The van der Waals surface area contributed by atoms with E-state index in [0.717, 1.165) is 42.1 Å². The molecule has 256 valence electrons. The van der Waals surface area contributed by atoms with Gasteiger partial charge in [0.1, 0.15) is 6.04 Å². The zero-order valence-corrected chi connectivity index (χ0v) is 29.3. The van der Waals surface area contributed by atoms with Crippen LogP contribution in [0.15, 0.2) is 59.4 Å². The zero-order chi connectivity index (χ0) is 34.2. The highest BCUT2D eigenvalue weighted by Gasteiger charge is 2.31. The van der Waals surface area contributed by atoms with Crippen LogP contribution in [-0.4, -0.2) is 87.2 Å². The third-order valence-corrected chi connectivity index (χ3v) is 9.73. The summed E-state index contributed by atoms with van der Waals surface area (Å²) in [4.78, 5) is 44.5. The second-order valence-corrected chi connectivity index (χ2v) is 13.1. The number of hydrogen-bond donors (Lipinski definition) is 2. The van der Waals surface area contributed by atoms with E-state index in [1.807, 2.05) is 41.5 Å². The number of benzene rings is 2. The summed E-state index contributed by atoms with van der Waals surface area (Å²) < 4.78 is 17.2. The van der Waals surface area contributed by atoms with Crippen LogP contribution in [0, 0.1) is 0 Å². The average molecular weight is 675 g/mol. The van der Waals surface area contributed by atoms with Gasteiger partial charge >= 0.3 is 0 Å². The molecule has 2 amide bonds. The lowest BCUT2D eigenvalue weighted by atomic mass is 9.95. The molecule has 2 atom stereocenters. The molecular formula is C37H46N4O6S. The first kappa shape index (κ1) is 35.1. The van der Waals surface area contributed by atoms with Crippen LogP contribution in [0.5, 0.6) is 17.2 Å². The van der Waals surface area contributed by atoms with Crippen molar-refractivity contribution in [3.05, 3.63) is 81.5 Å². The Bertz CT molecular complexity index is 1660. The molecule has 0 spiro atoms. The van der Waals surface area contributed by atoms with Crippen molar-refractivity contribution in [2.24, 2.45) is 0 Å². The Morgan fingerprint density at radius 1 is 0.958 bits per heavy atom. The first-order chi connectivity index (χ1) is 23.3. The number of hydrogen-bond acceptors (Lipinski definition) is 9. The summed E-state index contributed by atoms with van der Waals surface area (Å²) in [5.41, 5.74) is 4.47. The number of thioether (sulfide) groups is 1. The number of fused-ring (bicyclic) bond motifs is 3. The average Bonchev–Trinajstić information content (AvgIpc) is 3.34. The molecule has 10 nitrogen and oxygen atoms in total. The van der Waals surface area contributed by atoms with Gasteiger partial charge in [-0.1, -0.05) is 36.4 Å². The van der Waals surface area contributed by atoms with E-state index in [9.17, 15) is 14.4 Å². The van der Waals surface area contributed by atoms with Crippen LogP contribution in [0.2, 0.25) is 0 Å². The predicted octanol–water partition coefficient (Wildman–Crippen LogP) is 4.74. The van der Waals surface area contributed by atoms with Gasteiger partial charge in [0.15, 0.2) is 11.5 Å². The predicted molar refractivity (Wildman–Crippen MR) is 191 cm³/mol. The zero-order valence-electron chi connectivity index (χ0n) is 28.5. The second-order valence-electron chi connectivity index (χ2n) is 12.2. The Labute approximate surface area is 287 Å². The van der Waals surface area contributed by atoms with Crippen LogP contribution < -0.4 is 30.3 Å². The summed E-state index contributed by atoms with van der Waals surface area (Å²) >= 11 is 1.67. The third kappa shape index (κ3) is 7.90. The van der Waals surface area contributed by atoms with E-state index in [2.05, 4.69) is 27.7 Å². The van der Waals surface area contributed by atoms with E-state index in [1.54, 1.807) is 45.2 Å². The van der Waals surface area contributed by atoms with Crippen molar-refractivity contribution in [1.29, 1.82) is 0 Å². The second kappa shape index (κ2) is 16.3. The number of ether oxygens (including phenoxy) is 3. The van der Waals surface area contributed by atoms with Crippen molar-refractivity contribution in [2.45, 2.75) is 44.8 Å². The van der Waals surface area contributed by atoms with E-state index < -0.39 is 12.1 Å². The molecule has 0 unspecified atom stereocenters. The molecule has 5 rings (SSSR count). The van der Waals surface area contributed by atoms with Crippen molar-refractivity contribution in [1.82, 2.24) is 15.1 Å². The van der Waals surface area contributed by atoms with Gasteiger partial charge in [-0.3, -0.25) is 19.3 Å². The Morgan fingerprint density at radius 2 is 1.69 bits per heavy atom. The molecule has 1 heterocycles. The molecule has 11 heteroatoms. The van der Waals surface area contributed by atoms with Gasteiger partial charge in [-0.25, -0.2) is 0 Å². The SMILES string of the molecule is COc1cc2c(c(OC)c1OC)-c1ccc(N[C@@H](CCSC)C(=O)N3CCN(Cc4ccccc4)CC3)c(=O)cc1[C@@H](NC(C)=O)CC2. The Hall–Kier alpha value is -4.22. The Morgan fingerprint density at radius 3 is 2.33 bits per heavy atom. The number of aryl methyl sites for hydroxylation is 1. The summed E-state index contributed by atoms with van der Waals surface area (Å²) in [7, 11) is 4.71. The molecule has 1 saturated heterocycles. The molecule has 1 aliphatic carbocycles. The minimum atomic E-state index is -0.564. The first-order valence-electron chi connectivity index (χ1n) is 16.4. The smallest absolute Gasteiger partial charge is 0.245 e. The molecule has 2 aliphatic rings. The fourth-order valence-corrected chi connectivity index (χ4v) is 7.17. The van der Waals surface area contributed by atoms with E-state index in [1.165, 1.54) is 12.5 Å². The first-order valence-corrected chi connectivity index (χ1v) is 17.7. The topological polar surface area (TPSA) is 109 Å². The molecule has 0 radical (unpaired) electrons. The van der Waals surface area contributed by atoms with Crippen molar-refractivity contribution in [3.8, 4) is 28.4 Å². The van der Waals surface area contributed by atoms with Gasteiger partial charge in [0.25, 0.3) is 0 Å². The summed E-state index contributed by atoms with van der Waals surface area (Å²) in [5, 5.41) is 6.39. The molecule has 0 saturated carbocycles. The highest BCUT2D eigenvalue weighted by molar-refractivity contribution is 7.98. The number of piperazine rings is 1. The Balaban J connectivity index is 1.47. The van der Waals surface area contributed by atoms with Gasteiger partial charge in [-0.2, -0.15) is 11.8 Å². The largest absolute Gasteiger partial charge is 0.493 e. The quantitative estimate of drug-likeness (QED) is 0.282. The van der Waals surface area contributed by atoms with Crippen LogP contribution >= 0.6 is 11.8 Å². The van der Waals surface area contributed by atoms with E-state index in [-0.39, 0.29) is 17.2 Å². The minimum Gasteiger partial charge on any atom is -0.493 e. The van der Waals surface area contributed by atoms with Gasteiger partial charge in [0, 0.05) is 45.2 Å². The number of anilines is 1. The van der Waals surface area contributed by atoms with Crippen molar-refractivity contribution < 1.29 is 23.8 Å². The molecule has 0 aromatic heterocycles. The number of rotatable bonds is 12. The number of carbonyl (C=O) groups excluding carboxylic acids is 2. The van der Waals surface area contributed by atoms with Gasteiger partial charge in [0.2, 0.25) is 23.0 Å². The normalized spacial score (nSPS) is 16.5. The third-order valence-electron chi connectivity index (χ3n) is 9.09. The highest BCUT2D eigenvalue weighted by atomic mass is 32.2. The number of nitrogens with one attached hydrogen (secondary N) is 2. The van der Waals surface area contributed by atoms with E-state index in [0.29, 0.717) is 60.9 Å². The molecule has 1 aliphatic heterocycles. The summed E-state index contributed by atoms with van der Waals surface area (Å²) in [6.07, 6.45) is 3.76. The van der Waals surface area contributed by atoms with Gasteiger partial charge in [0.05, 0.1) is 33.1 Å². The van der Waals surface area contributed by atoms with Crippen LogP contribution in [0.1, 0.15) is 42.5 Å². The van der Waals surface area contributed by atoms with Gasteiger partial charge in [-0.05, 0) is 71.7 Å². The molecular weight excluding hydrogens is 628 g/mol. The molecule has 1 fully saturated rings. The number of nitrogens with zero attached hydrogens (tertiary/aromatic N) is 2. The van der Waals surface area contributed by atoms with Crippen molar-refractivity contribution in [2.75, 3.05) is 64.8 Å². The number of amides is 2. The van der Waals surface area contributed by atoms with E-state index in [4.69, 9.17) is 14.2 Å². The monoisotopic (exact) mass is 674 g/mol. The minimum absolute atomic E-state index is 0.00384. The molecule has 3 aromatic rings. The Kier molecular flexibility index (Phi) is 11.9. The lowest BCUT2D eigenvalue weighted by Crippen LogP contribution is -2.52. The van der Waals surface area contributed by atoms with Crippen LogP contribution in [0.4, 0.5) is 5.69 Å². The number of methoxy groups -OCH3 is 3. The summed E-state index contributed by atoms with van der Waals surface area (Å²) in [6.45, 7) is 5.16. The lowest BCUT2D eigenvalue weighted by Gasteiger charge is -2.36. The van der Waals surface area contributed by atoms with Crippen LogP contribution in [-0.2, 0) is 22.6 Å². The fraction of sp³-hybridized carbons (Fsp3) is 0.432. The van der Waals surface area contributed by atoms with Crippen molar-refractivity contribution in [3.63, 3.8) is 0 Å². The summed E-state index contributed by atoms with van der Waals surface area (Å²) in [6, 6.07) is 16.5. The number of carbonyl (C=O) groups is 2. The maximum Gasteiger partial charge on any atom is 0.245 e. The van der Waals surface area contributed by atoms with Gasteiger partial charge in [-0.15, -0.1) is 0 Å². The maximum atomic E-state index is 14.0. The highest BCUT2D eigenvalue weighted by Crippen LogP contribution is 2.50. The molecule has 2 N–H and O–H groups in total. The van der Waals surface area contributed by atoms with Crippen LogP contribution in [0.25, 0.3) is 11.1 Å². The van der Waals surface area contributed by atoms with Crippen LogP contribution in [0.3, 0.4) is 0 Å². The van der Waals surface area contributed by atoms with Gasteiger partial charge < -0.3 is 29.7 Å².